The van der Waals surface area contributed by atoms with Crippen LogP contribution in [0.25, 0.3) is 0 Å². The molecule has 0 atom stereocenters. The molecule has 0 unspecified atom stereocenters. The summed E-state index contributed by atoms with van der Waals surface area (Å²) < 4.78 is 0. The Kier molecular flexibility index (Phi) is 4.02. The van der Waals surface area contributed by atoms with Crippen LogP contribution in [0.1, 0.15) is 25.7 Å². The van der Waals surface area contributed by atoms with Gasteiger partial charge < -0.3 is 16.8 Å². The number of nitrogens with two attached hydrogens (primary N) is 2. The highest BCUT2D eigenvalue weighted by atomic mass is 16.2. The third-order valence-corrected chi connectivity index (χ3v) is 2.86. The summed E-state index contributed by atoms with van der Waals surface area (Å²) in [6.07, 6.45) is 4.73. The Hall–Kier alpha value is -0.770. The number of rotatable bonds is 3. The number of urea groups is 1. The van der Waals surface area contributed by atoms with Crippen LogP contribution in [-0.4, -0.2) is 19.1 Å². The summed E-state index contributed by atoms with van der Waals surface area (Å²) >= 11 is 0. The molecule has 0 spiro atoms. The Balaban J connectivity index is 2.14. The normalized spacial score (nSPS) is 28.4. The molecule has 0 aliphatic heterocycles. The summed E-state index contributed by atoms with van der Waals surface area (Å²) in [5.41, 5.74) is 10.6. The molecule has 1 aliphatic carbocycles. The van der Waals surface area contributed by atoms with E-state index < -0.39 is 6.03 Å². The zero-order valence-corrected chi connectivity index (χ0v) is 7.96. The molecule has 0 bridgehead atoms. The number of carbonyl (C=O) groups is 1. The average Bonchev–Trinajstić information content (AvgIpc) is 2.15. The van der Waals surface area contributed by atoms with Gasteiger partial charge in [-0.05, 0) is 44.1 Å². The molecule has 1 aliphatic rings. The van der Waals surface area contributed by atoms with Gasteiger partial charge in [0.2, 0.25) is 0 Å². The van der Waals surface area contributed by atoms with E-state index in [4.69, 9.17) is 11.5 Å². The minimum Gasteiger partial charge on any atom is -0.352 e. The summed E-state index contributed by atoms with van der Waals surface area (Å²) in [6.45, 7) is 1.53. The van der Waals surface area contributed by atoms with Crippen LogP contribution in [0.5, 0.6) is 0 Å². The summed E-state index contributed by atoms with van der Waals surface area (Å²) in [4.78, 5) is 10.5. The van der Waals surface area contributed by atoms with Crippen LogP contribution < -0.4 is 16.8 Å². The molecule has 0 heterocycles. The minimum absolute atomic E-state index is 0.416. The highest BCUT2D eigenvalue weighted by Crippen LogP contribution is 2.27. The fourth-order valence-electron chi connectivity index (χ4n) is 1.92. The molecule has 1 fully saturated rings. The standard InChI is InChI=1S/C9H19N3O/c10-5-7-1-3-8(4-2-7)6-12-9(11)13/h7-8H,1-6,10H2,(H3,11,12,13)/t7-,8-. The Bertz CT molecular complexity index is 164. The van der Waals surface area contributed by atoms with Crippen LogP contribution in [0.3, 0.4) is 0 Å². The Morgan fingerprint density at radius 1 is 1.23 bits per heavy atom. The topological polar surface area (TPSA) is 81.1 Å². The predicted octanol–water partition coefficient (Wildman–Crippen LogP) is 0.420. The fourth-order valence-corrected chi connectivity index (χ4v) is 1.92. The zero-order chi connectivity index (χ0) is 9.68. The molecular weight excluding hydrogens is 166 g/mol. The number of carbonyl (C=O) groups excluding carboxylic acids is 1. The summed E-state index contributed by atoms with van der Waals surface area (Å²) in [6, 6.07) is -0.416. The number of hydrogen-bond acceptors (Lipinski definition) is 2. The van der Waals surface area contributed by atoms with Crippen molar-refractivity contribution in [2.24, 2.45) is 23.3 Å². The first-order chi connectivity index (χ1) is 6.22. The van der Waals surface area contributed by atoms with Crippen molar-refractivity contribution in [2.75, 3.05) is 13.1 Å². The van der Waals surface area contributed by atoms with E-state index in [1.807, 2.05) is 0 Å². The van der Waals surface area contributed by atoms with Crippen molar-refractivity contribution in [1.29, 1.82) is 0 Å². The number of amides is 2. The van der Waals surface area contributed by atoms with Crippen molar-refractivity contribution in [3.8, 4) is 0 Å². The van der Waals surface area contributed by atoms with E-state index in [-0.39, 0.29) is 0 Å². The van der Waals surface area contributed by atoms with E-state index in [0.29, 0.717) is 11.8 Å². The smallest absolute Gasteiger partial charge is 0.312 e. The molecule has 1 saturated carbocycles. The van der Waals surface area contributed by atoms with Gasteiger partial charge in [0.15, 0.2) is 0 Å². The lowest BCUT2D eigenvalue weighted by atomic mass is 9.82. The fraction of sp³-hybridized carbons (Fsp3) is 0.889. The van der Waals surface area contributed by atoms with Crippen LogP contribution in [-0.2, 0) is 0 Å². The van der Waals surface area contributed by atoms with Gasteiger partial charge in [-0.25, -0.2) is 4.79 Å². The monoisotopic (exact) mass is 185 g/mol. The molecule has 4 heteroatoms. The van der Waals surface area contributed by atoms with Gasteiger partial charge in [0.1, 0.15) is 0 Å². The number of nitrogens with one attached hydrogen (secondary N) is 1. The molecule has 2 amide bonds. The van der Waals surface area contributed by atoms with Crippen molar-refractivity contribution in [3.05, 3.63) is 0 Å². The van der Waals surface area contributed by atoms with Crippen molar-refractivity contribution >= 4 is 6.03 Å². The van der Waals surface area contributed by atoms with Crippen molar-refractivity contribution in [1.82, 2.24) is 5.32 Å². The quantitative estimate of drug-likeness (QED) is 0.595. The third kappa shape index (κ3) is 3.63. The molecule has 0 aromatic heterocycles. The lowest BCUT2D eigenvalue weighted by Crippen LogP contribution is -2.35. The molecule has 0 radical (unpaired) electrons. The van der Waals surface area contributed by atoms with Crippen molar-refractivity contribution in [3.63, 3.8) is 0 Å². The molecular formula is C9H19N3O. The van der Waals surface area contributed by atoms with E-state index >= 15 is 0 Å². The third-order valence-electron chi connectivity index (χ3n) is 2.86. The first-order valence-corrected chi connectivity index (χ1v) is 4.95. The van der Waals surface area contributed by atoms with E-state index in [9.17, 15) is 4.79 Å². The van der Waals surface area contributed by atoms with E-state index in [1.165, 1.54) is 25.7 Å². The molecule has 5 N–H and O–H groups in total. The highest BCUT2D eigenvalue weighted by Gasteiger charge is 2.19. The Morgan fingerprint density at radius 3 is 2.23 bits per heavy atom. The maximum Gasteiger partial charge on any atom is 0.312 e. The Morgan fingerprint density at radius 2 is 1.77 bits per heavy atom. The van der Waals surface area contributed by atoms with E-state index in [0.717, 1.165) is 13.1 Å². The summed E-state index contributed by atoms with van der Waals surface area (Å²) in [5, 5.41) is 2.66. The highest BCUT2D eigenvalue weighted by molar-refractivity contribution is 5.71. The van der Waals surface area contributed by atoms with Gasteiger partial charge in [0, 0.05) is 6.54 Å². The maximum atomic E-state index is 10.5. The van der Waals surface area contributed by atoms with Gasteiger partial charge in [-0.3, -0.25) is 0 Å². The molecule has 0 aromatic carbocycles. The molecule has 76 valence electrons. The van der Waals surface area contributed by atoms with Crippen LogP contribution in [0, 0.1) is 11.8 Å². The lowest BCUT2D eigenvalue weighted by Gasteiger charge is -2.27. The second-order valence-electron chi connectivity index (χ2n) is 3.87. The first-order valence-electron chi connectivity index (χ1n) is 4.95. The minimum atomic E-state index is -0.416. The van der Waals surface area contributed by atoms with Crippen LogP contribution >= 0.6 is 0 Å². The molecule has 0 aromatic rings. The van der Waals surface area contributed by atoms with Gasteiger partial charge in [0.05, 0.1) is 0 Å². The van der Waals surface area contributed by atoms with Crippen molar-refractivity contribution in [2.45, 2.75) is 25.7 Å². The van der Waals surface area contributed by atoms with Gasteiger partial charge in [0.25, 0.3) is 0 Å². The molecule has 1 rings (SSSR count). The van der Waals surface area contributed by atoms with Crippen molar-refractivity contribution < 1.29 is 4.79 Å². The van der Waals surface area contributed by atoms with Gasteiger partial charge in [-0.15, -0.1) is 0 Å². The first kappa shape index (κ1) is 10.3. The molecule has 0 saturated heterocycles. The van der Waals surface area contributed by atoms with E-state index in [1.54, 1.807) is 0 Å². The second kappa shape index (κ2) is 5.07. The number of primary amides is 1. The summed E-state index contributed by atoms with van der Waals surface area (Å²) in [7, 11) is 0. The van der Waals surface area contributed by atoms with Gasteiger partial charge in [-0.1, -0.05) is 0 Å². The zero-order valence-electron chi connectivity index (χ0n) is 7.96. The van der Waals surface area contributed by atoms with Gasteiger partial charge in [-0.2, -0.15) is 0 Å². The SMILES string of the molecule is NC[C@H]1CC[C@H](CNC(N)=O)CC1. The number of hydrogen-bond donors (Lipinski definition) is 3. The average molecular weight is 185 g/mol. The molecule has 13 heavy (non-hydrogen) atoms. The second-order valence-corrected chi connectivity index (χ2v) is 3.87. The molecule has 4 nitrogen and oxygen atoms in total. The largest absolute Gasteiger partial charge is 0.352 e. The summed E-state index contributed by atoms with van der Waals surface area (Å²) in [5.74, 6) is 1.31. The maximum absolute atomic E-state index is 10.5. The lowest BCUT2D eigenvalue weighted by molar-refractivity contribution is 0.238. The van der Waals surface area contributed by atoms with E-state index in [2.05, 4.69) is 5.32 Å². The van der Waals surface area contributed by atoms with Gasteiger partial charge >= 0.3 is 6.03 Å². The Labute approximate surface area is 79.0 Å². The predicted molar refractivity (Wildman–Crippen MR) is 52.1 cm³/mol. The van der Waals surface area contributed by atoms with Crippen LogP contribution in [0.4, 0.5) is 4.79 Å². The van der Waals surface area contributed by atoms with Crippen LogP contribution in [0.2, 0.25) is 0 Å². The van der Waals surface area contributed by atoms with Crippen LogP contribution in [0.15, 0.2) is 0 Å².